The minimum absolute atomic E-state index is 0.464. The summed E-state index contributed by atoms with van der Waals surface area (Å²) < 4.78 is 6.04. The van der Waals surface area contributed by atoms with E-state index in [1.807, 2.05) is 13.8 Å². The molecule has 0 N–H and O–H groups in total. The third-order valence-electron chi connectivity index (χ3n) is 3.06. The molecule has 1 saturated carbocycles. The Morgan fingerprint density at radius 3 is 2.47 bits per heavy atom. The summed E-state index contributed by atoms with van der Waals surface area (Å²) >= 11 is 0. The Morgan fingerprint density at radius 2 is 1.88 bits per heavy atom. The topological polar surface area (TPSA) is 9.23 Å². The standard InChI is InChI=1S/C13H19OP.C2H6/c1-2-10-9-12(15)7-8-13(10)14-11-5-3-4-6-11;1-2/h7-9,11H,2-6,15H2,1H3;1-2H3. The highest BCUT2D eigenvalue weighted by atomic mass is 31.0. The first-order valence-corrected chi connectivity index (χ1v) is 7.42. The summed E-state index contributed by atoms with van der Waals surface area (Å²) in [5, 5.41) is 1.24. The number of rotatable bonds is 3. The quantitative estimate of drug-likeness (QED) is 0.736. The normalized spacial score (nSPS) is 15.3. The number of hydrogen-bond donors (Lipinski definition) is 0. The van der Waals surface area contributed by atoms with Crippen LogP contribution in [0.4, 0.5) is 0 Å². The highest BCUT2D eigenvalue weighted by Crippen LogP contribution is 2.26. The number of ether oxygens (including phenoxy) is 1. The Labute approximate surface area is 108 Å². The van der Waals surface area contributed by atoms with Crippen molar-refractivity contribution in [3.8, 4) is 5.75 Å². The molecule has 0 aliphatic heterocycles. The van der Waals surface area contributed by atoms with Crippen molar-refractivity contribution in [2.24, 2.45) is 0 Å². The maximum atomic E-state index is 6.04. The molecule has 1 aliphatic rings. The van der Waals surface area contributed by atoms with Gasteiger partial charge in [0.1, 0.15) is 5.75 Å². The van der Waals surface area contributed by atoms with Crippen molar-refractivity contribution in [3.05, 3.63) is 23.8 Å². The van der Waals surface area contributed by atoms with E-state index in [1.165, 1.54) is 36.6 Å². The van der Waals surface area contributed by atoms with Crippen molar-refractivity contribution in [2.75, 3.05) is 0 Å². The smallest absolute Gasteiger partial charge is 0.122 e. The Balaban J connectivity index is 0.000000686. The third kappa shape index (κ3) is 4.32. The molecule has 2 rings (SSSR count). The minimum Gasteiger partial charge on any atom is -0.490 e. The summed E-state index contributed by atoms with van der Waals surface area (Å²) in [4.78, 5) is 0. The fourth-order valence-electron chi connectivity index (χ4n) is 2.18. The van der Waals surface area contributed by atoms with E-state index in [9.17, 15) is 0 Å². The van der Waals surface area contributed by atoms with Crippen LogP contribution in [-0.4, -0.2) is 6.10 Å². The monoisotopic (exact) mass is 252 g/mol. The molecule has 0 bridgehead atoms. The largest absolute Gasteiger partial charge is 0.490 e. The molecule has 1 fully saturated rings. The number of aryl methyl sites for hydroxylation is 1. The van der Waals surface area contributed by atoms with Gasteiger partial charge in [-0.2, -0.15) is 0 Å². The molecule has 1 atom stereocenters. The molecule has 96 valence electrons. The van der Waals surface area contributed by atoms with E-state index in [4.69, 9.17) is 4.74 Å². The van der Waals surface area contributed by atoms with E-state index in [0.717, 1.165) is 12.2 Å². The van der Waals surface area contributed by atoms with Crippen LogP contribution in [0.15, 0.2) is 18.2 Å². The Hall–Kier alpha value is -0.550. The Bertz CT molecular complexity index is 330. The van der Waals surface area contributed by atoms with Crippen LogP contribution in [-0.2, 0) is 6.42 Å². The summed E-state index contributed by atoms with van der Waals surface area (Å²) in [6.45, 7) is 6.18. The van der Waals surface area contributed by atoms with Gasteiger partial charge in [-0.05, 0) is 55.1 Å². The van der Waals surface area contributed by atoms with Gasteiger partial charge < -0.3 is 4.74 Å². The molecule has 1 nitrogen and oxygen atoms in total. The van der Waals surface area contributed by atoms with Gasteiger partial charge in [-0.25, -0.2) is 0 Å². The highest BCUT2D eigenvalue weighted by molar-refractivity contribution is 7.27. The lowest BCUT2D eigenvalue weighted by atomic mass is 10.1. The number of hydrogen-bond acceptors (Lipinski definition) is 1. The van der Waals surface area contributed by atoms with Crippen LogP contribution in [0, 0.1) is 0 Å². The summed E-state index contributed by atoms with van der Waals surface area (Å²) in [5.74, 6) is 1.09. The summed E-state index contributed by atoms with van der Waals surface area (Å²) in [5.41, 5.74) is 1.33. The third-order valence-corrected chi connectivity index (χ3v) is 3.42. The zero-order valence-electron chi connectivity index (χ0n) is 11.3. The van der Waals surface area contributed by atoms with E-state index in [-0.39, 0.29) is 0 Å². The van der Waals surface area contributed by atoms with Crippen molar-refractivity contribution < 1.29 is 4.74 Å². The lowest BCUT2D eigenvalue weighted by Gasteiger charge is -2.16. The Morgan fingerprint density at radius 1 is 1.24 bits per heavy atom. The van der Waals surface area contributed by atoms with Crippen molar-refractivity contribution in [1.82, 2.24) is 0 Å². The Kier molecular flexibility index (Phi) is 6.58. The van der Waals surface area contributed by atoms with E-state index in [0.29, 0.717) is 6.10 Å². The molecule has 0 radical (unpaired) electrons. The van der Waals surface area contributed by atoms with Crippen molar-refractivity contribution in [1.29, 1.82) is 0 Å². The van der Waals surface area contributed by atoms with Crippen LogP contribution < -0.4 is 10.0 Å². The van der Waals surface area contributed by atoms with Crippen LogP contribution in [0.2, 0.25) is 0 Å². The van der Waals surface area contributed by atoms with Gasteiger partial charge in [-0.15, -0.1) is 9.24 Å². The van der Waals surface area contributed by atoms with Gasteiger partial charge in [0.15, 0.2) is 0 Å². The molecule has 0 aromatic heterocycles. The summed E-state index contributed by atoms with van der Waals surface area (Å²) in [6.07, 6.45) is 6.62. The lowest BCUT2D eigenvalue weighted by molar-refractivity contribution is 0.208. The molecule has 0 amide bonds. The predicted molar refractivity (Wildman–Crippen MR) is 79.4 cm³/mol. The molecule has 0 spiro atoms. The molecule has 0 saturated heterocycles. The van der Waals surface area contributed by atoms with Crippen LogP contribution in [0.25, 0.3) is 0 Å². The van der Waals surface area contributed by atoms with Gasteiger partial charge in [0.2, 0.25) is 0 Å². The predicted octanol–water partition coefficient (Wildman–Crippen LogP) is 4.10. The van der Waals surface area contributed by atoms with Crippen molar-refractivity contribution >= 4 is 14.5 Å². The second-order valence-corrected chi connectivity index (χ2v) is 4.91. The minimum atomic E-state index is 0.464. The molecule has 0 heterocycles. The van der Waals surface area contributed by atoms with E-state index < -0.39 is 0 Å². The van der Waals surface area contributed by atoms with Crippen molar-refractivity contribution in [2.45, 2.75) is 59.0 Å². The highest BCUT2D eigenvalue weighted by Gasteiger charge is 2.17. The van der Waals surface area contributed by atoms with E-state index in [1.54, 1.807) is 0 Å². The SMILES string of the molecule is CC.CCc1cc(P)ccc1OC1CCCC1. The molecule has 2 heteroatoms. The first-order valence-electron chi connectivity index (χ1n) is 6.84. The van der Waals surface area contributed by atoms with Gasteiger partial charge in [0, 0.05) is 0 Å². The molecular formula is C15H25OP. The fourth-order valence-corrected chi connectivity index (χ4v) is 2.47. The van der Waals surface area contributed by atoms with Gasteiger partial charge in [-0.3, -0.25) is 0 Å². The van der Waals surface area contributed by atoms with Gasteiger partial charge in [-0.1, -0.05) is 26.8 Å². The fraction of sp³-hybridized carbons (Fsp3) is 0.600. The van der Waals surface area contributed by atoms with Crippen LogP contribution in [0.5, 0.6) is 5.75 Å². The van der Waals surface area contributed by atoms with Crippen LogP contribution in [0.1, 0.15) is 52.0 Å². The zero-order chi connectivity index (χ0) is 12.7. The lowest BCUT2D eigenvalue weighted by Crippen LogP contribution is -2.12. The summed E-state index contributed by atoms with van der Waals surface area (Å²) in [7, 11) is 2.74. The van der Waals surface area contributed by atoms with E-state index >= 15 is 0 Å². The van der Waals surface area contributed by atoms with Gasteiger partial charge in [0.05, 0.1) is 6.10 Å². The first kappa shape index (κ1) is 14.5. The average molecular weight is 252 g/mol. The maximum Gasteiger partial charge on any atom is 0.122 e. The second-order valence-electron chi connectivity index (χ2n) is 4.25. The van der Waals surface area contributed by atoms with Crippen LogP contribution >= 0.6 is 9.24 Å². The van der Waals surface area contributed by atoms with E-state index in [2.05, 4.69) is 34.4 Å². The van der Waals surface area contributed by atoms with Crippen LogP contribution in [0.3, 0.4) is 0 Å². The molecule has 1 aromatic carbocycles. The van der Waals surface area contributed by atoms with Gasteiger partial charge in [0.25, 0.3) is 0 Å². The first-order chi connectivity index (χ1) is 8.29. The zero-order valence-corrected chi connectivity index (χ0v) is 12.5. The molecule has 17 heavy (non-hydrogen) atoms. The second kappa shape index (κ2) is 7.71. The summed E-state index contributed by atoms with van der Waals surface area (Å²) in [6, 6.07) is 6.42. The maximum absolute atomic E-state index is 6.04. The van der Waals surface area contributed by atoms with Crippen molar-refractivity contribution in [3.63, 3.8) is 0 Å². The molecule has 1 aromatic rings. The molecule has 1 aliphatic carbocycles. The number of benzene rings is 1. The molecular weight excluding hydrogens is 227 g/mol. The average Bonchev–Trinajstić information content (AvgIpc) is 2.87. The molecule has 1 unspecified atom stereocenters. The van der Waals surface area contributed by atoms with Gasteiger partial charge >= 0.3 is 0 Å².